The van der Waals surface area contributed by atoms with E-state index in [1.807, 2.05) is 6.07 Å². The SMILES string of the molecule is CCCNCc1cc(Br)c(OCC2CCCO2)c(OC)c1. The summed E-state index contributed by atoms with van der Waals surface area (Å²) >= 11 is 3.58. The lowest BCUT2D eigenvalue weighted by molar-refractivity contribution is 0.0667. The van der Waals surface area contributed by atoms with E-state index in [-0.39, 0.29) is 6.10 Å². The van der Waals surface area contributed by atoms with E-state index in [0.29, 0.717) is 6.61 Å². The first-order valence-electron chi connectivity index (χ1n) is 7.56. The molecule has 0 bridgehead atoms. The number of nitrogens with one attached hydrogen (secondary N) is 1. The van der Waals surface area contributed by atoms with Gasteiger partial charge < -0.3 is 19.5 Å². The predicted octanol–water partition coefficient (Wildman–Crippen LogP) is 3.52. The normalized spacial score (nSPS) is 18.0. The summed E-state index contributed by atoms with van der Waals surface area (Å²) in [6.07, 6.45) is 3.52. The highest BCUT2D eigenvalue weighted by molar-refractivity contribution is 9.10. The standard InChI is InChI=1S/C16H24BrNO3/c1-3-6-18-10-12-8-14(17)16(15(9-12)19-2)21-11-13-5-4-7-20-13/h8-9,13,18H,3-7,10-11H2,1-2H3. The van der Waals surface area contributed by atoms with Gasteiger partial charge in [-0.2, -0.15) is 0 Å². The van der Waals surface area contributed by atoms with E-state index in [1.54, 1.807) is 7.11 Å². The lowest BCUT2D eigenvalue weighted by Crippen LogP contribution is -2.17. The van der Waals surface area contributed by atoms with Crippen LogP contribution in [0, 0.1) is 0 Å². The molecule has 1 aliphatic heterocycles. The molecule has 1 N–H and O–H groups in total. The van der Waals surface area contributed by atoms with E-state index in [0.717, 1.165) is 54.9 Å². The summed E-state index contributed by atoms with van der Waals surface area (Å²) in [5, 5.41) is 3.39. The molecule has 1 aromatic carbocycles. The molecule has 0 radical (unpaired) electrons. The third-order valence-corrected chi connectivity index (χ3v) is 4.07. The molecule has 1 unspecified atom stereocenters. The van der Waals surface area contributed by atoms with Crippen molar-refractivity contribution in [3.05, 3.63) is 22.2 Å². The Hall–Kier alpha value is -0.780. The van der Waals surface area contributed by atoms with Crippen LogP contribution in [0.2, 0.25) is 0 Å². The van der Waals surface area contributed by atoms with Crippen LogP contribution in [0.25, 0.3) is 0 Å². The van der Waals surface area contributed by atoms with E-state index in [9.17, 15) is 0 Å². The minimum absolute atomic E-state index is 0.201. The number of ether oxygens (including phenoxy) is 3. The first-order valence-corrected chi connectivity index (χ1v) is 8.35. The number of hydrogen-bond acceptors (Lipinski definition) is 4. The largest absolute Gasteiger partial charge is 0.493 e. The van der Waals surface area contributed by atoms with E-state index < -0.39 is 0 Å². The number of hydrogen-bond donors (Lipinski definition) is 1. The molecule has 1 atom stereocenters. The molecule has 1 fully saturated rings. The van der Waals surface area contributed by atoms with Crippen LogP contribution in [-0.2, 0) is 11.3 Å². The van der Waals surface area contributed by atoms with Crippen LogP contribution < -0.4 is 14.8 Å². The second-order valence-electron chi connectivity index (χ2n) is 5.23. The Labute approximate surface area is 135 Å². The molecule has 0 saturated carbocycles. The van der Waals surface area contributed by atoms with Gasteiger partial charge in [0.1, 0.15) is 6.61 Å². The van der Waals surface area contributed by atoms with Crippen molar-refractivity contribution in [2.45, 2.75) is 38.8 Å². The minimum atomic E-state index is 0.201. The zero-order valence-electron chi connectivity index (χ0n) is 12.8. The molecule has 4 nitrogen and oxygen atoms in total. The van der Waals surface area contributed by atoms with Gasteiger partial charge in [0.2, 0.25) is 0 Å². The van der Waals surface area contributed by atoms with Crippen LogP contribution in [-0.4, -0.2) is 33.0 Å². The van der Waals surface area contributed by atoms with Gasteiger partial charge in [0.05, 0.1) is 17.7 Å². The number of rotatable bonds is 8. The summed E-state index contributed by atoms with van der Waals surface area (Å²) in [5.41, 5.74) is 1.18. The molecule has 0 aliphatic carbocycles. The first kappa shape index (κ1) is 16.6. The Morgan fingerprint density at radius 1 is 1.43 bits per heavy atom. The summed E-state index contributed by atoms with van der Waals surface area (Å²) < 4.78 is 17.9. The molecule has 21 heavy (non-hydrogen) atoms. The second-order valence-corrected chi connectivity index (χ2v) is 6.09. The van der Waals surface area contributed by atoms with E-state index in [1.165, 1.54) is 5.56 Å². The van der Waals surface area contributed by atoms with Crippen molar-refractivity contribution >= 4 is 15.9 Å². The number of benzene rings is 1. The maximum absolute atomic E-state index is 5.91. The van der Waals surface area contributed by atoms with Crippen LogP contribution in [0.3, 0.4) is 0 Å². The highest BCUT2D eigenvalue weighted by Gasteiger charge is 2.18. The van der Waals surface area contributed by atoms with Crippen molar-refractivity contribution in [2.75, 3.05) is 26.9 Å². The van der Waals surface area contributed by atoms with Crippen LogP contribution in [0.4, 0.5) is 0 Å². The molecule has 0 aromatic heterocycles. The molecule has 0 spiro atoms. The zero-order chi connectivity index (χ0) is 15.1. The molecule has 1 aromatic rings. The average molecular weight is 358 g/mol. The zero-order valence-corrected chi connectivity index (χ0v) is 14.4. The van der Waals surface area contributed by atoms with Gasteiger partial charge in [-0.3, -0.25) is 0 Å². The summed E-state index contributed by atoms with van der Waals surface area (Å²) in [5.74, 6) is 1.52. The van der Waals surface area contributed by atoms with Gasteiger partial charge in [-0.1, -0.05) is 6.92 Å². The van der Waals surface area contributed by atoms with Gasteiger partial charge in [-0.15, -0.1) is 0 Å². The predicted molar refractivity (Wildman–Crippen MR) is 87.2 cm³/mol. The molecular formula is C16H24BrNO3. The summed E-state index contributed by atoms with van der Waals surface area (Å²) in [4.78, 5) is 0. The third kappa shape index (κ3) is 4.87. The molecular weight excluding hydrogens is 334 g/mol. The molecule has 1 aliphatic rings. The van der Waals surface area contributed by atoms with Crippen molar-refractivity contribution in [2.24, 2.45) is 0 Å². The maximum atomic E-state index is 5.91. The fourth-order valence-electron chi connectivity index (χ4n) is 2.38. The fraction of sp³-hybridized carbons (Fsp3) is 0.625. The van der Waals surface area contributed by atoms with Gasteiger partial charge in [0.15, 0.2) is 11.5 Å². The Kier molecular flexibility index (Phi) is 6.80. The van der Waals surface area contributed by atoms with Gasteiger partial charge in [-0.05, 0) is 59.4 Å². The molecule has 5 heteroatoms. The Morgan fingerprint density at radius 3 is 2.95 bits per heavy atom. The van der Waals surface area contributed by atoms with Crippen molar-refractivity contribution in [1.29, 1.82) is 0 Å². The lowest BCUT2D eigenvalue weighted by atomic mass is 10.2. The van der Waals surface area contributed by atoms with Crippen LogP contribution in [0.15, 0.2) is 16.6 Å². The van der Waals surface area contributed by atoms with Crippen molar-refractivity contribution in [3.8, 4) is 11.5 Å². The quantitative estimate of drug-likeness (QED) is 0.722. The topological polar surface area (TPSA) is 39.7 Å². The van der Waals surface area contributed by atoms with Gasteiger partial charge in [0.25, 0.3) is 0 Å². The van der Waals surface area contributed by atoms with Crippen LogP contribution >= 0.6 is 15.9 Å². The molecule has 118 valence electrons. The number of methoxy groups -OCH3 is 1. The molecule has 0 amide bonds. The molecule has 1 heterocycles. The Balaban J connectivity index is 2.01. The Morgan fingerprint density at radius 2 is 2.29 bits per heavy atom. The van der Waals surface area contributed by atoms with Crippen LogP contribution in [0.1, 0.15) is 31.7 Å². The fourth-order valence-corrected chi connectivity index (χ4v) is 2.98. The van der Waals surface area contributed by atoms with Crippen molar-refractivity contribution in [1.82, 2.24) is 5.32 Å². The highest BCUT2D eigenvalue weighted by atomic mass is 79.9. The summed E-state index contributed by atoms with van der Waals surface area (Å²) in [7, 11) is 1.67. The number of halogens is 1. The van der Waals surface area contributed by atoms with Crippen molar-refractivity contribution in [3.63, 3.8) is 0 Å². The Bertz CT molecular complexity index is 447. The second kappa shape index (κ2) is 8.61. The van der Waals surface area contributed by atoms with E-state index >= 15 is 0 Å². The van der Waals surface area contributed by atoms with Crippen molar-refractivity contribution < 1.29 is 14.2 Å². The van der Waals surface area contributed by atoms with E-state index in [2.05, 4.69) is 34.2 Å². The lowest BCUT2D eigenvalue weighted by Gasteiger charge is -2.17. The smallest absolute Gasteiger partial charge is 0.175 e. The highest BCUT2D eigenvalue weighted by Crippen LogP contribution is 2.37. The van der Waals surface area contributed by atoms with Gasteiger partial charge in [-0.25, -0.2) is 0 Å². The first-order chi connectivity index (χ1) is 10.2. The minimum Gasteiger partial charge on any atom is -0.493 e. The third-order valence-electron chi connectivity index (χ3n) is 3.48. The summed E-state index contributed by atoms with van der Waals surface area (Å²) in [6.45, 7) is 5.41. The summed E-state index contributed by atoms with van der Waals surface area (Å²) in [6, 6.07) is 4.11. The monoisotopic (exact) mass is 357 g/mol. The van der Waals surface area contributed by atoms with E-state index in [4.69, 9.17) is 14.2 Å². The maximum Gasteiger partial charge on any atom is 0.175 e. The average Bonchev–Trinajstić information content (AvgIpc) is 2.99. The van der Waals surface area contributed by atoms with Crippen LogP contribution in [0.5, 0.6) is 11.5 Å². The molecule has 2 rings (SSSR count). The van der Waals surface area contributed by atoms with Gasteiger partial charge >= 0.3 is 0 Å². The molecule has 1 saturated heterocycles. The van der Waals surface area contributed by atoms with Gasteiger partial charge in [0, 0.05) is 13.2 Å².